The summed E-state index contributed by atoms with van der Waals surface area (Å²) in [5, 5.41) is 2.34. The Morgan fingerprint density at radius 3 is 2.57 bits per heavy atom. The van der Waals surface area contributed by atoms with Crippen molar-refractivity contribution in [2.45, 2.75) is 12.8 Å². The first-order chi connectivity index (χ1) is 10.0. The largest absolute Gasteiger partial charge is 0.453 e. The highest BCUT2D eigenvalue weighted by Gasteiger charge is 2.23. The van der Waals surface area contributed by atoms with Gasteiger partial charge in [-0.05, 0) is 18.9 Å². The van der Waals surface area contributed by atoms with Crippen molar-refractivity contribution >= 4 is 23.5 Å². The highest BCUT2D eigenvalue weighted by molar-refractivity contribution is 6.04. The van der Waals surface area contributed by atoms with Crippen molar-refractivity contribution in [1.82, 2.24) is 4.98 Å². The number of rotatable bonds is 4. The summed E-state index contributed by atoms with van der Waals surface area (Å²) in [5.74, 6) is -1.02. The van der Waals surface area contributed by atoms with Gasteiger partial charge in [0.2, 0.25) is 0 Å². The number of allylic oxidation sites excluding steroid dienone is 2. The molecule has 2 rings (SSSR count). The molecule has 0 saturated heterocycles. The number of nitrogens with two attached hydrogens (primary N) is 1. The maximum atomic E-state index is 12.3. The van der Waals surface area contributed by atoms with Crippen LogP contribution in [0, 0.1) is 5.92 Å². The van der Waals surface area contributed by atoms with E-state index in [4.69, 9.17) is 5.73 Å². The molecule has 1 aromatic rings. The van der Waals surface area contributed by atoms with Gasteiger partial charge < -0.3 is 10.5 Å². The Morgan fingerprint density at radius 2 is 2.00 bits per heavy atom. The molecule has 7 nitrogen and oxygen atoms in total. The first-order valence-electron chi connectivity index (χ1n) is 6.37. The van der Waals surface area contributed by atoms with Crippen LogP contribution < -0.4 is 11.1 Å². The van der Waals surface area contributed by atoms with Gasteiger partial charge in [-0.1, -0.05) is 12.2 Å². The number of anilines is 1. The smallest absolute Gasteiger partial charge is 0.411 e. The molecule has 0 bridgehead atoms. The number of primary amides is 1. The summed E-state index contributed by atoms with van der Waals surface area (Å²) in [7, 11) is 1.19. The van der Waals surface area contributed by atoms with Gasteiger partial charge in [0.05, 0.1) is 12.8 Å². The second-order valence-electron chi connectivity index (χ2n) is 4.60. The lowest BCUT2D eigenvalue weighted by atomic mass is 9.96. The van der Waals surface area contributed by atoms with E-state index in [-0.39, 0.29) is 23.1 Å². The lowest BCUT2D eigenvalue weighted by Gasteiger charge is -2.11. The van der Waals surface area contributed by atoms with Crippen LogP contribution >= 0.6 is 0 Å². The van der Waals surface area contributed by atoms with Crippen molar-refractivity contribution in [2.24, 2.45) is 11.7 Å². The van der Waals surface area contributed by atoms with Crippen LogP contribution in [0.25, 0.3) is 0 Å². The number of ether oxygens (including phenoxy) is 1. The maximum absolute atomic E-state index is 12.3. The molecule has 1 aliphatic rings. The predicted octanol–water partition coefficient (Wildman–Crippen LogP) is 1.51. The van der Waals surface area contributed by atoms with Gasteiger partial charge in [-0.2, -0.15) is 0 Å². The standard InChI is InChI=1S/C14H15N3O4/c1-21-14(20)17-10-6-9(7-16-11(10)13(15)19)12(18)8-4-2-3-5-8/h2-3,6-8H,4-5H2,1H3,(H2,15,19)(H,17,20). The molecule has 1 aliphatic carbocycles. The molecule has 0 spiro atoms. The van der Waals surface area contributed by atoms with Crippen LogP contribution in [0.15, 0.2) is 24.4 Å². The zero-order valence-electron chi connectivity index (χ0n) is 11.5. The fourth-order valence-electron chi connectivity index (χ4n) is 2.12. The van der Waals surface area contributed by atoms with Gasteiger partial charge in [0.25, 0.3) is 5.91 Å². The lowest BCUT2D eigenvalue weighted by molar-refractivity contribution is 0.0923. The second-order valence-corrected chi connectivity index (χ2v) is 4.60. The van der Waals surface area contributed by atoms with Crippen molar-refractivity contribution in [1.29, 1.82) is 0 Å². The highest BCUT2D eigenvalue weighted by Crippen LogP contribution is 2.24. The third-order valence-corrected chi connectivity index (χ3v) is 3.21. The Bertz CT molecular complexity index is 617. The molecule has 0 radical (unpaired) electrons. The third kappa shape index (κ3) is 3.25. The van der Waals surface area contributed by atoms with Crippen LogP contribution in [0.4, 0.5) is 10.5 Å². The summed E-state index contributed by atoms with van der Waals surface area (Å²) in [6.45, 7) is 0. The fraction of sp³-hybridized carbons (Fsp3) is 0.286. The van der Waals surface area contributed by atoms with Gasteiger partial charge in [0, 0.05) is 17.7 Å². The van der Waals surface area contributed by atoms with Gasteiger partial charge >= 0.3 is 6.09 Å². The van der Waals surface area contributed by atoms with E-state index in [0.717, 1.165) is 0 Å². The van der Waals surface area contributed by atoms with Gasteiger partial charge in [-0.25, -0.2) is 9.78 Å². The normalized spacial score (nSPS) is 14.0. The molecule has 1 aromatic heterocycles. The average Bonchev–Trinajstić information content (AvgIpc) is 3.00. The first-order valence-corrected chi connectivity index (χ1v) is 6.37. The summed E-state index contributed by atoms with van der Waals surface area (Å²) in [4.78, 5) is 38.8. The van der Waals surface area contributed by atoms with Crippen molar-refractivity contribution in [3.05, 3.63) is 35.7 Å². The minimum absolute atomic E-state index is 0.0613. The summed E-state index contributed by atoms with van der Waals surface area (Å²) in [6.07, 6.45) is 5.77. The fourth-order valence-corrected chi connectivity index (χ4v) is 2.12. The van der Waals surface area contributed by atoms with Crippen LogP contribution in [-0.4, -0.2) is 29.9 Å². The number of carbonyl (C=O) groups is 3. The van der Waals surface area contributed by atoms with E-state index >= 15 is 0 Å². The number of nitrogens with one attached hydrogen (secondary N) is 1. The van der Waals surface area contributed by atoms with Crippen LogP contribution in [0.2, 0.25) is 0 Å². The van der Waals surface area contributed by atoms with Crippen molar-refractivity contribution in [3.63, 3.8) is 0 Å². The number of aromatic nitrogens is 1. The van der Waals surface area contributed by atoms with E-state index in [2.05, 4.69) is 15.0 Å². The Balaban J connectivity index is 2.31. The number of nitrogens with zero attached hydrogens (tertiary/aromatic N) is 1. The number of amides is 2. The highest BCUT2D eigenvalue weighted by atomic mass is 16.5. The molecule has 21 heavy (non-hydrogen) atoms. The Morgan fingerprint density at radius 1 is 1.33 bits per heavy atom. The molecule has 3 N–H and O–H groups in total. The molecular formula is C14H15N3O4. The number of pyridine rings is 1. The molecule has 2 amide bonds. The number of carbonyl (C=O) groups excluding carboxylic acids is 3. The molecule has 1 heterocycles. The van der Waals surface area contributed by atoms with Crippen LogP contribution in [0.3, 0.4) is 0 Å². The van der Waals surface area contributed by atoms with Gasteiger partial charge in [-0.15, -0.1) is 0 Å². The molecule has 0 aliphatic heterocycles. The monoisotopic (exact) mass is 289 g/mol. The average molecular weight is 289 g/mol. The molecule has 7 heteroatoms. The summed E-state index contributed by atoms with van der Waals surface area (Å²) < 4.78 is 4.46. The van der Waals surface area contributed by atoms with E-state index in [0.29, 0.717) is 18.4 Å². The molecule has 110 valence electrons. The van der Waals surface area contributed by atoms with E-state index < -0.39 is 12.0 Å². The maximum Gasteiger partial charge on any atom is 0.411 e. The van der Waals surface area contributed by atoms with Crippen molar-refractivity contribution < 1.29 is 19.1 Å². The summed E-state index contributed by atoms with van der Waals surface area (Å²) >= 11 is 0. The second kappa shape index (κ2) is 6.17. The molecule has 0 unspecified atom stereocenters. The molecule has 0 atom stereocenters. The topological polar surface area (TPSA) is 111 Å². The number of hydrogen-bond acceptors (Lipinski definition) is 5. The Labute approximate surface area is 121 Å². The van der Waals surface area contributed by atoms with Crippen molar-refractivity contribution in [2.75, 3.05) is 12.4 Å². The lowest BCUT2D eigenvalue weighted by Crippen LogP contribution is -2.21. The van der Waals surface area contributed by atoms with Gasteiger partial charge in [0.1, 0.15) is 0 Å². The number of methoxy groups -OCH3 is 1. The Kier molecular flexibility index (Phi) is 4.32. The molecular weight excluding hydrogens is 274 g/mol. The minimum Gasteiger partial charge on any atom is -0.453 e. The Hall–Kier alpha value is -2.70. The third-order valence-electron chi connectivity index (χ3n) is 3.21. The molecule has 0 fully saturated rings. The zero-order chi connectivity index (χ0) is 15.4. The van der Waals surface area contributed by atoms with Crippen LogP contribution in [0.1, 0.15) is 33.7 Å². The zero-order valence-corrected chi connectivity index (χ0v) is 11.5. The SMILES string of the molecule is COC(=O)Nc1cc(C(=O)C2CC=CC2)cnc1C(N)=O. The van der Waals surface area contributed by atoms with Gasteiger partial charge in [0.15, 0.2) is 11.5 Å². The first kappa shape index (κ1) is 14.7. The van der Waals surface area contributed by atoms with E-state index in [9.17, 15) is 14.4 Å². The van der Waals surface area contributed by atoms with E-state index in [1.165, 1.54) is 19.4 Å². The number of Topliss-reactive ketones (excluding diaryl/α,β-unsaturated/α-hetero) is 1. The summed E-state index contributed by atoms with van der Waals surface area (Å²) in [5.41, 5.74) is 5.45. The van der Waals surface area contributed by atoms with E-state index in [1.807, 2.05) is 12.2 Å². The number of ketones is 1. The molecule has 0 saturated carbocycles. The van der Waals surface area contributed by atoms with Crippen LogP contribution in [0.5, 0.6) is 0 Å². The van der Waals surface area contributed by atoms with E-state index in [1.54, 1.807) is 0 Å². The quantitative estimate of drug-likeness (QED) is 0.644. The number of hydrogen-bond donors (Lipinski definition) is 2. The van der Waals surface area contributed by atoms with Gasteiger partial charge in [-0.3, -0.25) is 14.9 Å². The van der Waals surface area contributed by atoms with Crippen molar-refractivity contribution in [3.8, 4) is 0 Å². The predicted molar refractivity (Wildman–Crippen MR) is 75.0 cm³/mol. The van der Waals surface area contributed by atoms with Crippen LogP contribution in [-0.2, 0) is 4.74 Å². The minimum atomic E-state index is -0.803. The molecule has 0 aromatic carbocycles. The summed E-state index contributed by atoms with van der Waals surface area (Å²) in [6, 6.07) is 1.39.